The quantitative estimate of drug-likeness (QED) is 0.516. The summed E-state index contributed by atoms with van der Waals surface area (Å²) < 4.78 is 5.61. The number of nitro groups is 1. The first-order valence-corrected chi connectivity index (χ1v) is 5.77. The van der Waals surface area contributed by atoms with Crippen molar-refractivity contribution in [2.45, 2.75) is 6.92 Å². The molecule has 0 aliphatic rings. The lowest BCUT2D eigenvalue weighted by Gasteiger charge is -2.01. The van der Waals surface area contributed by atoms with Crippen molar-refractivity contribution in [2.24, 2.45) is 0 Å². The molecule has 0 atom stereocenters. The normalized spacial score (nSPS) is 10.8. The fraction of sp³-hybridized carbons (Fsp3) is 0.0714. The van der Waals surface area contributed by atoms with E-state index < -0.39 is 4.92 Å². The Hall–Kier alpha value is -2.69. The van der Waals surface area contributed by atoms with Crippen LogP contribution in [0.3, 0.4) is 0 Å². The molecular formula is C14H10N2O3. The number of nitrogens with zero attached hydrogens (tertiary/aromatic N) is 2. The van der Waals surface area contributed by atoms with Gasteiger partial charge in [-0.05, 0) is 24.6 Å². The predicted octanol–water partition coefficient (Wildman–Crippen LogP) is 3.71. The van der Waals surface area contributed by atoms with Crippen molar-refractivity contribution in [1.82, 2.24) is 4.98 Å². The summed E-state index contributed by atoms with van der Waals surface area (Å²) in [6, 6.07) is 12.2. The fourth-order valence-corrected chi connectivity index (χ4v) is 2.06. The second-order valence-corrected chi connectivity index (χ2v) is 4.21. The van der Waals surface area contributed by atoms with Gasteiger partial charge in [0, 0.05) is 6.07 Å². The lowest BCUT2D eigenvalue weighted by atomic mass is 10.1. The number of nitro benzene ring substituents is 1. The monoisotopic (exact) mass is 254 g/mol. The highest BCUT2D eigenvalue weighted by atomic mass is 16.6. The molecule has 19 heavy (non-hydrogen) atoms. The van der Waals surface area contributed by atoms with Crippen LogP contribution >= 0.6 is 0 Å². The molecule has 0 unspecified atom stereocenters. The molecule has 0 radical (unpaired) electrons. The summed E-state index contributed by atoms with van der Waals surface area (Å²) >= 11 is 0. The highest BCUT2D eigenvalue weighted by Crippen LogP contribution is 2.33. The van der Waals surface area contributed by atoms with Crippen LogP contribution in [0.1, 0.15) is 5.56 Å². The Morgan fingerprint density at radius 3 is 2.68 bits per heavy atom. The van der Waals surface area contributed by atoms with Gasteiger partial charge in [0.15, 0.2) is 5.58 Å². The molecule has 3 aromatic rings. The van der Waals surface area contributed by atoms with Gasteiger partial charge in [-0.1, -0.05) is 24.3 Å². The molecule has 5 nitrogen and oxygen atoms in total. The van der Waals surface area contributed by atoms with E-state index in [4.69, 9.17) is 4.42 Å². The summed E-state index contributed by atoms with van der Waals surface area (Å²) in [7, 11) is 0. The van der Waals surface area contributed by atoms with E-state index in [-0.39, 0.29) is 11.6 Å². The van der Waals surface area contributed by atoms with Crippen molar-refractivity contribution in [3.05, 3.63) is 58.1 Å². The second kappa shape index (κ2) is 4.20. The topological polar surface area (TPSA) is 69.2 Å². The van der Waals surface area contributed by atoms with Crippen LogP contribution in [-0.4, -0.2) is 9.91 Å². The summed E-state index contributed by atoms with van der Waals surface area (Å²) in [4.78, 5) is 15.0. The average molecular weight is 254 g/mol. The van der Waals surface area contributed by atoms with Crippen LogP contribution in [0.2, 0.25) is 0 Å². The molecule has 3 rings (SSSR count). The Labute approximate surface area is 108 Å². The van der Waals surface area contributed by atoms with Crippen LogP contribution in [0.4, 0.5) is 5.69 Å². The van der Waals surface area contributed by atoms with E-state index in [2.05, 4.69) is 4.98 Å². The zero-order valence-corrected chi connectivity index (χ0v) is 10.2. The summed E-state index contributed by atoms with van der Waals surface area (Å²) in [6.45, 7) is 1.80. The van der Waals surface area contributed by atoms with Crippen molar-refractivity contribution in [3.8, 4) is 11.5 Å². The summed E-state index contributed by atoms with van der Waals surface area (Å²) in [5.74, 6) is 0.283. The van der Waals surface area contributed by atoms with Crippen molar-refractivity contribution in [1.29, 1.82) is 0 Å². The lowest BCUT2D eigenvalue weighted by Crippen LogP contribution is -1.94. The van der Waals surface area contributed by atoms with Crippen molar-refractivity contribution in [3.63, 3.8) is 0 Å². The minimum atomic E-state index is -0.419. The van der Waals surface area contributed by atoms with Gasteiger partial charge in [0.25, 0.3) is 5.69 Å². The van der Waals surface area contributed by atoms with Gasteiger partial charge in [-0.3, -0.25) is 10.1 Å². The van der Waals surface area contributed by atoms with Crippen molar-refractivity contribution in [2.75, 3.05) is 0 Å². The molecule has 94 valence electrons. The molecule has 0 saturated heterocycles. The molecule has 5 heteroatoms. The first-order chi connectivity index (χ1) is 9.16. The smallest absolute Gasteiger partial charge is 0.282 e. The minimum Gasteiger partial charge on any atom is -0.436 e. The Balaban J connectivity index is 2.29. The van der Waals surface area contributed by atoms with E-state index in [1.165, 1.54) is 6.07 Å². The van der Waals surface area contributed by atoms with Gasteiger partial charge >= 0.3 is 0 Å². The Morgan fingerprint density at radius 1 is 1.16 bits per heavy atom. The third-order valence-electron chi connectivity index (χ3n) is 2.96. The second-order valence-electron chi connectivity index (χ2n) is 4.21. The molecule has 0 saturated carbocycles. The SMILES string of the molecule is Cc1cccc([N+](=O)[O-])c1-c1nc2ccccc2o1. The Kier molecular flexibility index (Phi) is 2.52. The van der Waals surface area contributed by atoms with E-state index in [9.17, 15) is 10.1 Å². The zero-order chi connectivity index (χ0) is 13.4. The predicted molar refractivity (Wildman–Crippen MR) is 70.8 cm³/mol. The molecular weight excluding hydrogens is 244 g/mol. The van der Waals surface area contributed by atoms with E-state index in [1.54, 1.807) is 25.1 Å². The van der Waals surface area contributed by atoms with Gasteiger partial charge in [0.05, 0.1) is 4.92 Å². The molecule has 0 aliphatic carbocycles. The van der Waals surface area contributed by atoms with Gasteiger partial charge in [-0.25, -0.2) is 4.98 Å². The lowest BCUT2D eigenvalue weighted by molar-refractivity contribution is -0.384. The van der Waals surface area contributed by atoms with Gasteiger partial charge in [0.2, 0.25) is 5.89 Å². The average Bonchev–Trinajstić information content (AvgIpc) is 2.81. The number of fused-ring (bicyclic) bond motifs is 1. The maximum atomic E-state index is 11.1. The number of hydrogen-bond acceptors (Lipinski definition) is 4. The highest BCUT2D eigenvalue weighted by molar-refractivity contribution is 5.79. The Morgan fingerprint density at radius 2 is 1.95 bits per heavy atom. The van der Waals surface area contributed by atoms with Crippen LogP contribution in [0.15, 0.2) is 46.9 Å². The van der Waals surface area contributed by atoms with Crippen LogP contribution in [0.25, 0.3) is 22.6 Å². The Bertz CT molecular complexity index is 744. The van der Waals surface area contributed by atoms with Gasteiger partial charge in [-0.2, -0.15) is 0 Å². The maximum absolute atomic E-state index is 11.1. The number of aryl methyl sites for hydroxylation is 1. The molecule has 1 heterocycles. The third-order valence-corrected chi connectivity index (χ3v) is 2.96. The largest absolute Gasteiger partial charge is 0.436 e. The third kappa shape index (κ3) is 1.85. The van der Waals surface area contributed by atoms with Gasteiger partial charge in [-0.15, -0.1) is 0 Å². The number of rotatable bonds is 2. The standard InChI is InChI=1S/C14H10N2O3/c1-9-5-4-7-11(16(17)18)13(9)14-15-10-6-2-3-8-12(10)19-14/h2-8H,1H3. The highest BCUT2D eigenvalue weighted by Gasteiger charge is 2.21. The van der Waals surface area contributed by atoms with E-state index in [1.807, 2.05) is 18.2 Å². The minimum absolute atomic E-state index is 0.00607. The first kappa shape index (κ1) is 11.4. The summed E-state index contributed by atoms with van der Waals surface area (Å²) in [5.41, 5.74) is 2.51. The van der Waals surface area contributed by atoms with Crippen LogP contribution < -0.4 is 0 Å². The number of hydrogen-bond donors (Lipinski definition) is 0. The van der Waals surface area contributed by atoms with E-state index in [0.717, 1.165) is 5.56 Å². The van der Waals surface area contributed by atoms with Gasteiger partial charge < -0.3 is 4.42 Å². The molecule has 0 spiro atoms. The number of benzene rings is 2. The molecule has 0 fully saturated rings. The number of aromatic nitrogens is 1. The molecule has 1 aromatic heterocycles. The van der Waals surface area contributed by atoms with Gasteiger partial charge in [0.1, 0.15) is 11.1 Å². The molecule has 0 N–H and O–H groups in total. The van der Waals surface area contributed by atoms with Crippen LogP contribution in [-0.2, 0) is 0 Å². The van der Waals surface area contributed by atoms with E-state index in [0.29, 0.717) is 16.7 Å². The maximum Gasteiger partial charge on any atom is 0.282 e. The van der Waals surface area contributed by atoms with Crippen molar-refractivity contribution >= 4 is 16.8 Å². The zero-order valence-electron chi connectivity index (χ0n) is 10.2. The molecule has 2 aromatic carbocycles. The fourth-order valence-electron chi connectivity index (χ4n) is 2.06. The molecule has 0 amide bonds. The summed E-state index contributed by atoms with van der Waals surface area (Å²) in [6.07, 6.45) is 0. The number of oxazole rings is 1. The van der Waals surface area contributed by atoms with Crippen molar-refractivity contribution < 1.29 is 9.34 Å². The molecule has 0 bridgehead atoms. The number of para-hydroxylation sites is 2. The van der Waals surface area contributed by atoms with Crippen LogP contribution in [0.5, 0.6) is 0 Å². The summed E-state index contributed by atoms with van der Waals surface area (Å²) in [5, 5.41) is 11.1. The van der Waals surface area contributed by atoms with Crippen LogP contribution in [0, 0.1) is 17.0 Å². The first-order valence-electron chi connectivity index (χ1n) is 5.77. The van der Waals surface area contributed by atoms with E-state index >= 15 is 0 Å². The molecule has 0 aliphatic heterocycles.